The molecule has 1 N–H and O–H groups in total. The minimum atomic E-state index is 0.137. The summed E-state index contributed by atoms with van der Waals surface area (Å²) >= 11 is 0. The summed E-state index contributed by atoms with van der Waals surface area (Å²) in [6.07, 6.45) is 1.02. The van der Waals surface area contributed by atoms with E-state index < -0.39 is 0 Å². The summed E-state index contributed by atoms with van der Waals surface area (Å²) in [5, 5.41) is 4.82. The minimum Gasteiger partial charge on any atom is -0.492 e. The van der Waals surface area contributed by atoms with E-state index in [4.69, 9.17) is 9.72 Å². The van der Waals surface area contributed by atoms with Gasteiger partial charge in [0.1, 0.15) is 12.4 Å². The topological polar surface area (TPSA) is 37.4 Å². The fourth-order valence-corrected chi connectivity index (χ4v) is 3.97. The van der Waals surface area contributed by atoms with E-state index in [1.54, 1.807) is 0 Å². The molecule has 0 aliphatic carbocycles. The monoisotopic (exact) mass is 375 g/mol. The van der Waals surface area contributed by atoms with Crippen molar-refractivity contribution in [2.75, 3.05) is 32.8 Å². The zero-order chi connectivity index (χ0) is 19.3. The number of para-hydroxylation sites is 1. The molecule has 0 saturated heterocycles. The van der Waals surface area contributed by atoms with Gasteiger partial charge in [0.05, 0.1) is 17.3 Å². The van der Waals surface area contributed by atoms with Gasteiger partial charge >= 0.3 is 0 Å². The molecule has 0 radical (unpaired) electrons. The summed E-state index contributed by atoms with van der Waals surface area (Å²) < 4.78 is 6.03. The van der Waals surface area contributed by atoms with Crippen LogP contribution in [-0.4, -0.2) is 42.7 Å². The molecule has 2 aromatic carbocycles. The van der Waals surface area contributed by atoms with Gasteiger partial charge in [-0.05, 0) is 54.9 Å². The minimum absolute atomic E-state index is 0.137. The summed E-state index contributed by atoms with van der Waals surface area (Å²) in [5.41, 5.74) is 4.80. The molecule has 28 heavy (non-hydrogen) atoms. The molecular weight excluding hydrogens is 346 g/mol. The lowest BCUT2D eigenvalue weighted by molar-refractivity contribution is 0.222. The zero-order valence-corrected chi connectivity index (χ0v) is 16.8. The van der Waals surface area contributed by atoms with Crippen molar-refractivity contribution >= 4 is 10.9 Å². The van der Waals surface area contributed by atoms with E-state index in [-0.39, 0.29) is 6.04 Å². The Morgan fingerprint density at radius 2 is 1.93 bits per heavy atom. The number of pyridine rings is 1. The molecule has 1 aliphatic rings. The van der Waals surface area contributed by atoms with Gasteiger partial charge in [-0.15, -0.1) is 0 Å². The maximum absolute atomic E-state index is 6.03. The Morgan fingerprint density at radius 3 is 2.79 bits per heavy atom. The molecule has 1 aromatic heterocycles. The Balaban J connectivity index is 1.52. The second-order valence-electron chi connectivity index (χ2n) is 7.30. The van der Waals surface area contributed by atoms with Crippen molar-refractivity contribution in [1.82, 2.24) is 15.2 Å². The molecule has 0 saturated carbocycles. The van der Waals surface area contributed by atoms with Crippen molar-refractivity contribution in [1.29, 1.82) is 0 Å². The van der Waals surface area contributed by atoms with Gasteiger partial charge in [0.25, 0.3) is 0 Å². The van der Waals surface area contributed by atoms with Crippen LogP contribution in [0.5, 0.6) is 5.75 Å². The molecule has 1 atom stereocenters. The molecule has 1 unspecified atom stereocenters. The van der Waals surface area contributed by atoms with E-state index in [0.29, 0.717) is 0 Å². The van der Waals surface area contributed by atoms with Crippen molar-refractivity contribution < 1.29 is 4.74 Å². The van der Waals surface area contributed by atoms with Crippen molar-refractivity contribution in [2.45, 2.75) is 26.3 Å². The predicted molar refractivity (Wildman–Crippen MR) is 115 cm³/mol. The highest BCUT2D eigenvalue weighted by molar-refractivity contribution is 5.78. The molecule has 2 heterocycles. The summed E-state index contributed by atoms with van der Waals surface area (Å²) in [7, 11) is 0. The Hall–Kier alpha value is -2.43. The highest BCUT2D eigenvalue weighted by atomic mass is 16.5. The summed E-state index contributed by atoms with van der Waals surface area (Å²) in [4.78, 5) is 7.29. The SMILES string of the molecule is CCN(CC)CCOc1ccc2c(c1)CCNC2c1ccc2ccccc2n1. The maximum Gasteiger partial charge on any atom is 0.119 e. The molecule has 1 aliphatic heterocycles. The third-order valence-electron chi connectivity index (χ3n) is 5.65. The van der Waals surface area contributed by atoms with E-state index in [1.807, 2.05) is 6.07 Å². The first-order valence-electron chi connectivity index (χ1n) is 10.4. The highest BCUT2D eigenvalue weighted by Crippen LogP contribution is 2.31. The number of hydrogen-bond donors (Lipinski definition) is 1. The number of nitrogens with zero attached hydrogens (tertiary/aromatic N) is 2. The van der Waals surface area contributed by atoms with Crippen LogP contribution in [0.25, 0.3) is 10.9 Å². The van der Waals surface area contributed by atoms with Crippen LogP contribution in [-0.2, 0) is 6.42 Å². The third kappa shape index (κ3) is 4.03. The van der Waals surface area contributed by atoms with Crippen LogP contribution < -0.4 is 10.1 Å². The lowest BCUT2D eigenvalue weighted by Gasteiger charge is -2.27. The number of rotatable bonds is 7. The molecule has 146 valence electrons. The fourth-order valence-electron chi connectivity index (χ4n) is 3.97. The van der Waals surface area contributed by atoms with Crippen LogP contribution in [0.2, 0.25) is 0 Å². The van der Waals surface area contributed by atoms with Crippen LogP contribution in [0.1, 0.15) is 36.7 Å². The average Bonchev–Trinajstić information content (AvgIpc) is 2.76. The molecule has 3 aromatic rings. The van der Waals surface area contributed by atoms with Crippen molar-refractivity contribution in [3.8, 4) is 5.75 Å². The van der Waals surface area contributed by atoms with Crippen LogP contribution in [0.3, 0.4) is 0 Å². The van der Waals surface area contributed by atoms with Gasteiger partial charge in [0.2, 0.25) is 0 Å². The Kier molecular flexibility index (Phi) is 5.89. The molecular formula is C24H29N3O. The Labute approximate surface area is 167 Å². The second kappa shape index (κ2) is 8.72. The molecule has 0 spiro atoms. The van der Waals surface area contributed by atoms with Gasteiger partial charge < -0.3 is 15.0 Å². The molecule has 0 amide bonds. The molecule has 4 nitrogen and oxygen atoms in total. The number of ether oxygens (including phenoxy) is 1. The van der Waals surface area contributed by atoms with Crippen LogP contribution >= 0.6 is 0 Å². The van der Waals surface area contributed by atoms with Crippen LogP contribution in [0, 0.1) is 0 Å². The highest BCUT2D eigenvalue weighted by Gasteiger charge is 2.23. The predicted octanol–water partition coefficient (Wildman–Crippen LogP) is 4.19. The summed E-state index contributed by atoms with van der Waals surface area (Å²) in [6.45, 7) is 9.16. The molecule has 0 fully saturated rings. The molecule has 4 rings (SSSR count). The number of nitrogens with one attached hydrogen (secondary N) is 1. The first kappa shape index (κ1) is 18.9. The quantitative estimate of drug-likeness (QED) is 0.672. The first-order chi connectivity index (χ1) is 13.8. The largest absolute Gasteiger partial charge is 0.492 e. The lowest BCUT2D eigenvalue weighted by Crippen LogP contribution is -2.31. The Morgan fingerprint density at radius 1 is 1.07 bits per heavy atom. The van der Waals surface area contributed by atoms with Crippen molar-refractivity contribution in [3.63, 3.8) is 0 Å². The second-order valence-corrected chi connectivity index (χ2v) is 7.30. The van der Waals surface area contributed by atoms with E-state index in [9.17, 15) is 0 Å². The fraction of sp³-hybridized carbons (Fsp3) is 0.375. The molecule has 0 bridgehead atoms. The maximum atomic E-state index is 6.03. The number of benzene rings is 2. The van der Waals surface area contributed by atoms with E-state index in [1.165, 1.54) is 16.5 Å². The lowest BCUT2D eigenvalue weighted by atomic mass is 9.91. The smallest absolute Gasteiger partial charge is 0.119 e. The van der Waals surface area contributed by atoms with Crippen LogP contribution in [0.4, 0.5) is 0 Å². The summed E-state index contributed by atoms with van der Waals surface area (Å²) in [6, 6.07) is 19.2. The van der Waals surface area contributed by atoms with Crippen LogP contribution in [0.15, 0.2) is 54.6 Å². The zero-order valence-electron chi connectivity index (χ0n) is 16.8. The normalized spacial score (nSPS) is 16.3. The van der Waals surface area contributed by atoms with Gasteiger partial charge in [-0.25, -0.2) is 0 Å². The average molecular weight is 376 g/mol. The van der Waals surface area contributed by atoms with E-state index in [0.717, 1.165) is 56.2 Å². The van der Waals surface area contributed by atoms with Gasteiger partial charge in [-0.3, -0.25) is 4.98 Å². The van der Waals surface area contributed by atoms with Gasteiger partial charge in [0.15, 0.2) is 0 Å². The van der Waals surface area contributed by atoms with Gasteiger partial charge in [-0.1, -0.05) is 44.2 Å². The number of aromatic nitrogens is 1. The third-order valence-corrected chi connectivity index (χ3v) is 5.65. The van der Waals surface area contributed by atoms with E-state index >= 15 is 0 Å². The van der Waals surface area contributed by atoms with Gasteiger partial charge in [-0.2, -0.15) is 0 Å². The Bertz CT molecular complexity index is 936. The van der Waals surface area contributed by atoms with Crippen molar-refractivity contribution in [2.24, 2.45) is 0 Å². The van der Waals surface area contributed by atoms with Crippen molar-refractivity contribution in [3.05, 3.63) is 71.4 Å². The first-order valence-corrected chi connectivity index (χ1v) is 10.4. The number of likely N-dealkylation sites (N-methyl/N-ethyl adjacent to an activating group) is 1. The number of fused-ring (bicyclic) bond motifs is 2. The molecule has 4 heteroatoms. The summed E-state index contributed by atoms with van der Waals surface area (Å²) in [5.74, 6) is 0.970. The standard InChI is InChI=1S/C24H29N3O/c1-3-27(4-2)15-16-28-20-10-11-21-19(17-20)13-14-25-24(21)23-12-9-18-7-5-6-8-22(18)26-23/h5-12,17,24-25H,3-4,13-16H2,1-2H3. The van der Waals surface area contributed by atoms with E-state index in [2.05, 4.69) is 72.6 Å². The van der Waals surface area contributed by atoms with Gasteiger partial charge in [0, 0.05) is 18.5 Å². The number of hydrogen-bond acceptors (Lipinski definition) is 4.